The van der Waals surface area contributed by atoms with Gasteiger partial charge in [-0.15, -0.1) is 11.3 Å². The summed E-state index contributed by atoms with van der Waals surface area (Å²) in [6.07, 6.45) is 0.701. The van der Waals surface area contributed by atoms with Gasteiger partial charge in [0, 0.05) is 17.9 Å². The quantitative estimate of drug-likeness (QED) is 0.665. The van der Waals surface area contributed by atoms with Gasteiger partial charge in [0.15, 0.2) is 5.78 Å². The first-order chi connectivity index (χ1) is 9.74. The molecule has 1 atom stereocenters. The molecule has 3 aromatic rings. The number of carbonyl (C=O) groups is 1. The molecule has 0 bridgehead atoms. The molecule has 3 rings (SSSR count). The molecule has 20 heavy (non-hydrogen) atoms. The van der Waals surface area contributed by atoms with Crippen molar-refractivity contribution in [1.29, 1.82) is 0 Å². The Morgan fingerprint density at radius 3 is 2.55 bits per heavy atom. The first-order valence-corrected chi connectivity index (χ1v) is 7.49. The van der Waals surface area contributed by atoms with E-state index in [2.05, 4.69) is 11.1 Å². The molecule has 3 heteroatoms. The van der Waals surface area contributed by atoms with E-state index in [0.29, 0.717) is 6.42 Å². The Balaban J connectivity index is 1.78. The van der Waals surface area contributed by atoms with Crippen LogP contribution >= 0.6 is 11.3 Å². The Hall–Kier alpha value is -2.00. The molecule has 0 amide bonds. The van der Waals surface area contributed by atoms with Gasteiger partial charge in [-0.25, -0.2) is 4.98 Å². The molecule has 2 aromatic carbocycles. The van der Waals surface area contributed by atoms with Crippen LogP contribution in [0, 0.1) is 5.92 Å². The van der Waals surface area contributed by atoms with Gasteiger partial charge in [0.2, 0.25) is 0 Å². The van der Waals surface area contributed by atoms with Crippen LogP contribution in [0.25, 0.3) is 10.2 Å². The molecule has 0 radical (unpaired) electrons. The highest BCUT2D eigenvalue weighted by Crippen LogP contribution is 2.24. The van der Waals surface area contributed by atoms with Crippen molar-refractivity contribution in [2.75, 3.05) is 0 Å². The van der Waals surface area contributed by atoms with Gasteiger partial charge in [0.05, 0.1) is 15.2 Å². The summed E-state index contributed by atoms with van der Waals surface area (Å²) in [4.78, 5) is 16.9. The van der Waals surface area contributed by atoms with Crippen LogP contribution in [0.15, 0.2) is 54.6 Å². The second-order valence-electron chi connectivity index (χ2n) is 4.91. The summed E-state index contributed by atoms with van der Waals surface area (Å²) in [6, 6.07) is 17.6. The highest BCUT2D eigenvalue weighted by molar-refractivity contribution is 7.18. The topological polar surface area (TPSA) is 30.0 Å². The van der Waals surface area contributed by atoms with E-state index in [-0.39, 0.29) is 11.7 Å². The van der Waals surface area contributed by atoms with E-state index in [1.165, 1.54) is 4.70 Å². The molecular weight excluding hydrogens is 266 g/mol. The van der Waals surface area contributed by atoms with Crippen LogP contribution in [0.1, 0.15) is 22.3 Å². The lowest BCUT2D eigenvalue weighted by Gasteiger charge is -2.08. The molecule has 1 heterocycles. The number of hydrogen-bond donors (Lipinski definition) is 0. The highest BCUT2D eigenvalue weighted by Gasteiger charge is 2.17. The zero-order valence-electron chi connectivity index (χ0n) is 11.2. The number of Topliss-reactive ketones (excluding diaryl/α,β-unsaturated/α-hetero) is 1. The van der Waals surface area contributed by atoms with Gasteiger partial charge in [-0.1, -0.05) is 49.4 Å². The fraction of sp³-hybridized carbons (Fsp3) is 0.176. The minimum atomic E-state index is -0.0436. The normalized spacial score (nSPS) is 12.4. The molecule has 0 aliphatic carbocycles. The minimum absolute atomic E-state index is 0.0436. The van der Waals surface area contributed by atoms with Crippen LogP contribution < -0.4 is 0 Å². The zero-order chi connectivity index (χ0) is 13.9. The highest BCUT2D eigenvalue weighted by atomic mass is 32.1. The number of fused-ring (bicyclic) bond motifs is 1. The average molecular weight is 281 g/mol. The number of ketones is 1. The van der Waals surface area contributed by atoms with E-state index in [4.69, 9.17) is 0 Å². The molecule has 0 aliphatic rings. The van der Waals surface area contributed by atoms with Crippen molar-refractivity contribution in [2.24, 2.45) is 5.92 Å². The van der Waals surface area contributed by atoms with E-state index in [1.807, 2.05) is 55.5 Å². The Labute approximate surface area is 122 Å². The fourth-order valence-corrected chi connectivity index (χ4v) is 3.34. The molecule has 0 saturated heterocycles. The van der Waals surface area contributed by atoms with Crippen LogP contribution in [-0.4, -0.2) is 10.8 Å². The second kappa shape index (κ2) is 5.55. The zero-order valence-corrected chi connectivity index (χ0v) is 12.1. The summed E-state index contributed by atoms with van der Waals surface area (Å²) in [5, 5.41) is 1.03. The lowest BCUT2D eigenvalue weighted by Crippen LogP contribution is -2.13. The molecular formula is C17H15NOS. The van der Waals surface area contributed by atoms with Crippen molar-refractivity contribution in [2.45, 2.75) is 13.3 Å². The lowest BCUT2D eigenvalue weighted by atomic mass is 9.97. The number of aromatic nitrogens is 1. The summed E-state index contributed by atoms with van der Waals surface area (Å²) < 4.78 is 1.18. The van der Waals surface area contributed by atoms with E-state index in [1.54, 1.807) is 11.3 Å². The van der Waals surface area contributed by atoms with Crippen LogP contribution in [0.4, 0.5) is 0 Å². The number of nitrogens with zero attached hydrogens (tertiary/aromatic N) is 1. The predicted molar refractivity (Wildman–Crippen MR) is 83.3 cm³/mol. The summed E-state index contributed by atoms with van der Waals surface area (Å²) >= 11 is 1.67. The first-order valence-electron chi connectivity index (χ1n) is 6.68. The van der Waals surface area contributed by atoms with E-state index < -0.39 is 0 Å². The Bertz CT molecular complexity index is 700. The largest absolute Gasteiger partial charge is 0.294 e. The van der Waals surface area contributed by atoms with Gasteiger partial charge in [-0.3, -0.25) is 4.79 Å². The van der Waals surface area contributed by atoms with Crippen LogP contribution in [0.5, 0.6) is 0 Å². The van der Waals surface area contributed by atoms with Gasteiger partial charge < -0.3 is 0 Å². The maximum absolute atomic E-state index is 12.3. The van der Waals surface area contributed by atoms with Crippen molar-refractivity contribution < 1.29 is 4.79 Å². The molecule has 0 spiro atoms. The van der Waals surface area contributed by atoms with Crippen molar-refractivity contribution in [3.63, 3.8) is 0 Å². The Kier molecular flexibility index (Phi) is 3.61. The van der Waals surface area contributed by atoms with E-state index >= 15 is 0 Å². The summed E-state index contributed by atoms with van der Waals surface area (Å²) in [5.41, 5.74) is 1.80. The monoisotopic (exact) mass is 281 g/mol. The average Bonchev–Trinajstić information content (AvgIpc) is 2.89. The minimum Gasteiger partial charge on any atom is -0.294 e. The van der Waals surface area contributed by atoms with Crippen LogP contribution in [0.2, 0.25) is 0 Å². The molecule has 2 nitrogen and oxygen atoms in total. The maximum atomic E-state index is 12.3. The van der Waals surface area contributed by atoms with Crippen molar-refractivity contribution >= 4 is 27.3 Å². The third-order valence-electron chi connectivity index (χ3n) is 3.32. The molecule has 1 aromatic heterocycles. The van der Waals surface area contributed by atoms with Crippen molar-refractivity contribution in [3.8, 4) is 0 Å². The lowest BCUT2D eigenvalue weighted by molar-refractivity contribution is 0.0929. The fourth-order valence-electron chi connectivity index (χ4n) is 2.25. The number of para-hydroxylation sites is 1. The Morgan fingerprint density at radius 2 is 1.80 bits per heavy atom. The van der Waals surface area contributed by atoms with E-state index in [9.17, 15) is 4.79 Å². The molecule has 0 fully saturated rings. The summed E-state index contributed by atoms with van der Waals surface area (Å²) in [5.74, 6) is 0.141. The molecule has 1 unspecified atom stereocenters. The van der Waals surface area contributed by atoms with Crippen LogP contribution in [0.3, 0.4) is 0 Å². The number of rotatable bonds is 4. The summed E-state index contributed by atoms with van der Waals surface area (Å²) in [7, 11) is 0. The number of benzene rings is 2. The molecule has 100 valence electrons. The van der Waals surface area contributed by atoms with Crippen LogP contribution in [-0.2, 0) is 6.42 Å². The van der Waals surface area contributed by atoms with Crippen molar-refractivity contribution in [1.82, 2.24) is 4.98 Å². The Morgan fingerprint density at radius 1 is 1.10 bits per heavy atom. The van der Waals surface area contributed by atoms with E-state index in [0.717, 1.165) is 16.1 Å². The second-order valence-corrected chi connectivity index (χ2v) is 6.03. The SMILES string of the molecule is CC(Cc1nc2ccccc2s1)C(=O)c1ccccc1. The number of hydrogen-bond acceptors (Lipinski definition) is 3. The molecule has 0 saturated carbocycles. The number of carbonyl (C=O) groups excluding carboxylic acids is 1. The number of thiazole rings is 1. The first kappa shape index (κ1) is 13.0. The maximum Gasteiger partial charge on any atom is 0.166 e. The third kappa shape index (κ3) is 2.63. The van der Waals surface area contributed by atoms with Gasteiger partial charge in [-0.2, -0.15) is 0 Å². The summed E-state index contributed by atoms with van der Waals surface area (Å²) in [6.45, 7) is 1.97. The van der Waals surface area contributed by atoms with Gasteiger partial charge in [0.1, 0.15) is 0 Å². The molecule has 0 aliphatic heterocycles. The molecule has 0 N–H and O–H groups in total. The van der Waals surface area contributed by atoms with Gasteiger partial charge in [0.25, 0.3) is 0 Å². The standard InChI is InChI=1S/C17H15NOS/c1-12(17(19)13-7-3-2-4-8-13)11-16-18-14-9-5-6-10-15(14)20-16/h2-10,12H,11H2,1H3. The van der Waals surface area contributed by atoms with Gasteiger partial charge >= 0.3 is 0 Å². The predicted octanol–water partition coefficient (Wildman–Crippen LogP) is 4.36. The third-order valence-corrected chi connectivity index (χ3v) is 4.38. The van der Waals surface area contributed by atoms with Gasteiger partial charge in [-0.05, 0) is 12.1 Å². The van der Waals surface area contributed by atoms with Crippen molar-refractivity contribution in [3.05, 3.63) is 65.2 Å². The smallest absolute Gasteiger partial charge is 0.166 e.